The van der Waals surface area contributed by atoms with E-state index < -0.39 is 0 Å². The van der Waals surface area contributed by atoms with E-state index in [0.717, 1.165) is 72.9 Å². The summed E-state index contributed by atoms with van der Waals surface area (Å²) in [5, 5.41) is 5.00. The van der Waals surface area contributed by atoms with Gasteiger partial charge in [0, 0.05) is 49.3 Å². The molecule has 0 bridgehead atoms. The Bertz CT molecular complexity index is 3420. The molecule has 5 heteroatoms. The highest BCUT2D eigenvalue weighted by atomic mass is 16.5. The van der Waals surface area contributed by atoms with Crippen molar-refractivity contribution in [3.63, 3.8) is 0 Å². The first-order valence-electron chi connectivity index (χ1n) is 20.2. The van der Waals surface area contributed by atoms with E-state index in [4.69, 9.17) is 9.39 Å². The zero-order valence-electron chi connectivity index (χ0n) is 31.8. The second-order valence-electron chi connectivity index (χ2n) is 15.6. The van der Waals surface area contributed by atoms with E-state index in [0.29, 0.717) is 0 Å². The van der Waals surface area contributed by atoms with Crippen molar-refractivity contribution in [3.8, 4) is 62.0 Å². The summed E-state index contributed by atoms with van der Waals surface area (Å²) in [6, 6.07) is 71.8. The molecule has 59 heavy (non-hydrogen) atoms. The number of hydrogen-bond acceptors (Lipinski definition) is 2. The summed E-state index contributed by atoms with van der Waals surface area (Å²) in [7, 11) is 0. The lowest BCUT2D eigenvalue weighted by Crippen LogP contribution is -2.53. The number of nitrogens with zero attached hydrogens (tertiary/aromatic N) is 2. The van der Waals surface area contributed by atoms with Crippen molar-refractivity contribution in [2.75, 3.05) is 0 Å². The molecule has 13 rings (SSSR count). The molecule has 2 aliphatic heterocycles. The second kappa shape index (κ2) is 12.4. The molecule has 0 spiro atoms. The summed E-state index contributed by atoms with van der Waals surface area (Å²) in [6.07, 6.45) is 0. The molecule has 0 radical (unpaired) electrons. The van der Waals surface area contributed by atoms with Gasteiger partial charge in [-0.3, -0.25) is 0 Å². The average Bonchev–Trinajstić information content (AvgIpc) is 3.82. The van der Waals surface area contributed by atoms with Crippen LogP contribution in [0.2, 0.25) is 0 Å². The molecule has 274 valence electrons. The van der Waals surface area contributed by atoms with Crippen LogP contribution in [0.1, 0.15) is 0 Å². The van der Waals surface area contributed by atoms with E-state index in [-0.39, 0.29) is 6.92 Å². The number of rotatable bonds is 4. The van der Waals surface area contributed by atoms with Gasteiger partial charge in [-0.15, -0.1) is 0 Å². The maximum atomic E-state index is 6.96. The zero-order valence-corrected chi connectivity index (χ0v) is 31.8. The van der Waals surface area contributed by atoms with Gasteiger partial charge in [0.1, 0.15) is 17.2 Å². The Kier molecular flexibility index (Phi) is 6.78. The van der Waals surface area contributed by atoms with E-state index >= 15 is 0 Å². The van der Waals surface area contributed by atoms with Crippen LogP contribution in [0.3, 0.4) is 0 Å². The van der Waals surface area contributed by atoms with Crippen LogP contribution >= 0.6 is 0 Å². The molecule has 2 aromatic heterocycles. The summed E-state index contributed by atoms with van der Waals surface area (Å²) in [5.41, 5.74) is 15.8. The predicted octanol–water partition coefficient (Wildman–Crippen LogP) is 12.5. The fraction of sp³-hybridized carbons (Fsp3) is 0. The molecule has 9 aromatic carbocycles. The largest absolute Gasteiger partial charge is 0.551 e. The average molecular weight is 753 g/mol. The first kappa shape index (κ1) is 32.3. The summed E-state index contributed by atoms with van der Waals surface area (Å²) in [6.45, 7) is -0.278. The van der Waals surface area contributed by atoms with Gasteiger partial charge in [0.25, 0.3) is 0 Å². The van der Waals surface area contributed by atoms with E-state index in [1.54, 1.807) is 0 Å². The second-order valence-corrected chi connectivity index (χ2v) is 15.6. The standard InChI is InChI=1S/C54H33BN2O2/c1-7-19-46(57-49-22-10-4-16-41(49)42-17-5-11-23-50(42)57)38(13-1)35-27-30-51-43(31-35)44-32-36(33-53-54(44)55(59-51)45-18-6-12-24-52(45)58-53)34-25-28-37(29-26-34)56-47-20-8-2-14-39(47)40-15-3-9-21-48(40)56/h1-33H. The molecular formula is C54H33BN2O2. The Balaban J connectivity index is 0.977. The number of fused-ring (bicyclic) bond motifs is 10. The zero-order chi connectivity index (χ0) is 38.6. The van der Waals surface area contributed by atoms with Gasteiger partial charge >= 0.3 is 6.92 Å². The molecule has 0 saturated heterocycles. The van der Waals surface area contributed by atoms with Gasteiger partial charge < -0.3 is 18.5 Å². The van der Waals surface area contributed by atoms with Crippen molar-refractivity contribution < 1.29 is 9.39 Å². The van der Waals surface area contributed by atoms with Crippen LogP contribution in [-0.4, -0.2) is 16.0 Å². The Labute approximate surface area is 340 Å². The van der Waals surface area contributed by atoms with Gasteiger partial charge in [0.15, 0.2) is 0 Å². The van der Waals surface area contributed by atoms with E-state index in [1.807, 2.05) is 12.1 Å². The third-order valence-corrected chi connectivity index (χ3v) is 12.4. The lowest BCUT2D eigenvalue weighted by atomic mass is 9.50. The van der Waals surface area contributed by atoms with E-state index in [9.17, 15) is 0 Å². The van der Waals surface area contributed by atoms with Gasteiger partial charge in [0.2, 0.25) is 0 Å². The topological polar surface area (TPSA) is 28.3 Å². The van der Waals surface area contributed by atoms with Crippen molar-refractivity contribution in [2.45, 2.75) is 0 Å². The minimum atomic E-state index is -0.278. The smallest absolute Gasteiger partial charge is 0.434 e. The van der Waals surface area contributed by atoms with Crippen LogP contribution in [0.15, 0.2) is 200 Å². The highest BCUT2D eigenvalue weighted by molar-refractivity contribution is 6.84. The fourth-order valence-electron chi connectivity index (χ4n) is 9.79. The van der Waals surface area contributed by atoms with Crippen molar-refractivity contribution >= 4 is 61.5 Å². The van der Waals surface area contributed by atoms with Crippen LogP contribution in [0, 0.1) is 0 Å². The molecule has 4 nitrogen and oxygen atoms in total. The Morgan fingerprint density at radius 2 is 0.898 bits per heavy atom. The number of para-hydroxylation sites is 6. The molecule has 0 saturated carbocycles. The molecule has 0 atom stereocenters. The molecule has 0 aliphatic carbocycles. The van der Waals surface area contributed by atoms with Gasteiger partial charge in [-0.1, -0.05) is 127 Å². The number of hydrogen-bond donors (Lipinski definition) is 0. The van der Waals surface area contributed by atoms with Gasteiger partial charge in [0.05, 0.1) is 27.8 Å². The molecule has 11 aromatic rings. The highest BCUT2D eigenvalue weighted by Gasteiger charge is 2.41. The summed E-state index contributed by atoms with van der Waals surface area (Å²) >= 11 is 0. The summed E-state index contributed by atoms with van der Waals surface area (Å²) in [4.78, 5) is 0. The molecular weight excluding hydrogens is 719 g/mol. The Morgan fingerprint density at radius 1 is 0.356 bits per heavy atom. The molecule has 2 aliphatic rings. The van der Waals surface area contributed by atoms with Gasteiger partial charge in [-0.2, -0.15) is 0 Å². The molecule has 0 amide bonds. The van der Waals surface area contributed by atoms with Crippen LogP contribution in [0.4, 0.5) is 0 Å². The van der Waals surface area contributed by atoms with Crippen LogP contribution in [0.25, 0.3) is 88.4 Å². The maximum absolute atomic E-state index is 6.96. The number of ether oxygens (including phenoxy) is 1. The third-order valence-electron chi connectivity index (χ3n) is 12.4. The normalized spacial score (nSPS) is 12.6. The minimum Gasteiger partial charge on any atom is -0.551 e. The van der Waals surface area contributed by atoms with Crippen LogP contribution in [0.5, 0.6) is 17.2 Å². The molecule has 0 N–H and O–H groups in total. The van der Waals surface area contributed by atoms with Crippen molar-refractivity contribution in [3.05, 3.63) is 200 Å². The van der Waals surface area contributed by atoms with E-state index in [1.165, 1.54) is 43.6 Å². The predicted molar refractivity (Wildman–Crippen MR) is 244 cm³/mol. The Hall–Kier alpha value is -7.76. The summed E-state index contributed by atoms with van der Waals surface area (Å²) < 4.78 is 18.5. The van der Waals surface area contributed by atoms with Crippen LogP contribution < -0.4 is 20.3 Å². The quantitative estimate of drug-likeness (QED) is 0.168. The lowest BCUT2D eigenvalue weighted by Gasteiger charge is -2.33. The first-order chi connectivity index (χ1) is 29.3. The summed E-state index contributed by atoms with van der Waals surface area (Å²) in [5.74, 6) is 2.52. The van der Waals surface area contributed by atoms with Crippen LogP contribution in [-0.2, 0) is 0 Å². The fourth-order valence-corrected chi connectivity index (χ4v) is 9.79. The SMILES string of the molecule is c1ccc2c(c1)Oc1cc(-c3ccc(-n4c5ccccc5c5ccccc54)cc3)cc3c1B2Oc1ccc(-c2ccccc2-n2c4ccccc4c4ccccc42)cc1-3. The van der Waals surface area contributed by atoms with Crippen molar-refractivity contribution in [1.29, 1.82) is 0 Å². The number of aromatic nitrogens is 2. The number of benzene rings is 9. The monoisotopic (exact) mass is 752 g/mol. The lowest BCUT2D eigenvalue weighted by molar-refractivity contribution is 0.479. The first-order valence-corrected chi connectivity index (χ1v) is 20.2. The third kappa shape index (κ3) is 4.73. The Morgan fingerprint density at radius 3 is 1.58 bits per heavy atom. The van der Waals surface area contributed by atoms with Gasteiger partial charge in [-0.25, -0.2) is 0 Å². The van der Waals surface area contributed by atoms with E-state index in [2.05, 4.69) is 197 Å². The molecule has 0 unspecified atom stereocenters. The molecule has 0 fully saturated rings. The highest BCUT2D eigenvalue weighted by Crippen LogP contribution is 2.45. The molecule has 4 heterocycles. The van der Waals surface area contributed by atoms with Gasteiger partial charge in [-0.05, 0) is 95.1 Å². The maximum Gasteiger partial charge on any atom is 0.434 e. The van der Waals surface area contributed by atoms with Crippen molar-refractivity contribution in [1.82, 2.24) is 9.13 Å². The minimum absolute atomic E-state index is 0.278. The van der Waals surface area contributed by atoms with Crippen molar-refractivity contribution in [2.24, 2.45) is 0 Å².